The number of hydrogen-bond acceptors (Lipinski definition) is 6. The summed E-state index contributed by atoms with van der Waals surface area (Å²) in [6, 6.07) is 12.9. The molecule has 6 nitrogen and oxygen atoms in total. The van der Waals surface area contributed by atoms with Crippen LogP contribution in [0.5, 0.6) is 0 Å². The molecule has 0 aliphatic rings. The summed E-state index contributed by atoms with van der Waals surface area (Å²) in [6.07, 6.45) is 0. The molecule has 0 atom stereocenters. The van der Waals surface area contributed by atoms with Gasteiger partial charge in [-0.2, -0.15) is 4.68 Å². The second kappa shape index (κ2) is 7.82. The molecule has 0 radical (unpaired) electrons. The molecule has 0 fully saturated rings. The number of rotatable bonds is 5. The Kier molecular flexibility index (Phi) is 5.27. The molecule has 4 rings (SSSR count). The number of nitrogens with zero attached hydrogens (tertiary/aromatic N) is 5. The van der Waals surface area contributed by atoms with Gasteiger partial charge in [0.15, 0.2) is 0 Å². The van der Waals surface area contributed by atoms with Gasteiger partial charge in [-0.3, -0.25) is 0 Å². The summed E-state index contributed by atoms with van der Waals surface area (Å²) >= 11 is 19.9. The highest BCUT2D eigenvalue weighted by Gasteiger charge is 2.15. The molecule has 4 aromatic rings. The third-order valence-corrected chi connectivity index (χ3v) is 5.69. The van der Waals surface area contributed by atoms with Gasteiger partial charge >= 0.3 is 0 Å². The Morgan fingerprint density at radius 2 is 1.85 bits per heavy atom. The number of hydrogen-bond donors (Lipinski definition) is 1. The van der Waals surface area contributed by atoms with Gasteiger partial charge in [-0.15, -0.1) is 11.3 Å². The summed E-state index contributed by atoms with van der Waals surface area (Å²) in [5.41, 5.74) is 4.29. The minimum absolute atomic E-state index is 0.383. The lowest BCUT2D eigenvalue weighted by molar-refractivity contribution is 0.789. The van der Waals surface area contributed by atoms with E-state index in [0.717, 1.165) is 16.1 Å². The largest absolute Gasteiger partial charge is 0.348 e. The quantitative estimate of drug-likeness (QED) is 0.455. The molecule has 2 aromatic carbocycles. The second-order valence-corrected chi connectivity index (χ2v) is 7.63. The average molecular weight is 438 g/mol. The van der Waals surface area contributed by atoms with Crippen molar-refractivity contribution in [3.05, 3.63) is 67.9 Å². The second-order valence-electron chi connectivity index (χ2n) is 5.47. The van der Waals surface area contributed by atoms with Gasteiger partial charge in [0.25, 0.3) is 0 Å². The van der Waals surface area contributed by atoms with Crippen LogP contribution in [0.2, 0.25) is 15.1 Å². The smallest absolute Gasteiger partial charge is 0.248 e. The Hall–Kier alpha value is -2.19. The number of nitrogens with one attached hydrogen (secondary N) is 1. The number of halogens is 3. The molecule has 136 valence electrons. The number of benzene rings is 2. The van der Waals surface area contributed by atoms with E-state index in [1.807, 2.05) is 24.3 Å². The molecule has 0 saturated heterocycles. The molecule has 2 heterocycles. The lowest BCUT2D eigenvalue weighted by atomic mass is 10.1. The summed E-state index contributed by atoms with van der Waals surface area (Å²) in [4.78, 5) is 5.51. The summed E-state index contributed by atoms with van der Waals surface area (Å²) in [5.74, 6) is 0.453. The maximum atomic E-state index is 6.28. The van der Waals surface area contributed by atoms with Gasteiger partial charge < -0.3 is 5.32 Å². The Bertz CT molecular complexity index is 1080. The topological polar surface area (TPSA) is 68.5 Å². The fourth-order valence-electron chi connectivity index (χ4n) is 2.51. The van der Waals surface area contributed by atoms with Crippen molar-refractivity contribution in [1.29, 1.82) is 0 Å². The molecular formula is C17H11Cl3N6S. The maximum absolute atomic E-state index is 6.28. The minimum Gasteiger partial charge on any atom is -0.348 e. The average Bonchev–Trinajstić information content (AvgIpc) is 3.32. The van der Waals surface area contributed by atoms with E-state index in [4.69, 9.17) is 34.8 Å². The van der Waals surface area contributed by atoms with E-state index >= 15 is 0 Å². The van der Waals surface area contributed by atoms with Crippen molar-refractivity contribution in [3.8, 4) is 16.9 Å². The van der Waals surface area contributed by atoms with E-state index in [-0.39, 0.29) is 0 Å². The third-order valence-electron chi connectivity index (χ3n) is 3.79. The predicted molar refractivity (Wildman–Crippen MR) is 109 cm³/mol. The van der Waals surface area contributed by atoms with E-state index < -0.39 is 0 Å². The van der Waals surface area contributed by atoms with Gasteiger partial charge in [0.05, 0.1) is 38.4 Å². The van der Waals surface area contributed by atoms with Crippen LogP contribution < -0.4 is 5.32 Å². The number of anilines is 1. The van der Waals surface area contributed by atoms with E-state index in [1.165, 1.54) is 4.68 Å². The molecule has 27 heavy (non-hydrogen) atoms. The van der Waals surface area contributed by atoms with E-state index in [0.29, 0.717) is 33.2 Å². The molecule has 10 heteroatoms. The standard InChI is InChI=1S/C17H11Cl3N6S/c18-11-6-4-10(5-7-11)16-14(27-9-22-16)8-21-17-23-24-25-26(17)13-3-1-2-12(19)15(13)20/h1-7,9H,8H2,(H,21,23,25). The first-order valence-electron chi connectivity index (χ1n) is 7.78. The zero-order valence-electron chi connectivity index (χ0n) is 13.6. The summed E-state index contributed by atoms with van der Waals surface area (Å²) in [6.45, 7) is 0.501. The fourth-order valence-corrected chi connectivity index (χ4v) is 3.74. The highest BCUT2D eigenvalue weighted by molar-refractivity contribution is 7.10. The zero-order valence-corrected chi connectivity index (χ0v) is 16.7. The highest BCUT2D eigenvalue weighted by Crippen LogP contribution is 2.30. The van der Waals surface area contributed by atoms with Gasteiger partial charge in [0.1, 0.15) is 0 Å². The minimum atomic E-state index is 0.383. The van der Waals surface area contributed by atoms with Crippen LogP contribution in [0.25, 0.3) is 16.9 Å². The summed E-state index contributed by atoms with van der Waals surface area (Å²) in [7, 11) is 0. The first-order valence-corrected chi connectivity index (χ1v) is 9.80. The normalized spacial score (nSPS) is 10.9. The summed E-state index contributed by atoms with van der Waals surface area (Å²) < 4.78 is 1.51. The predicted octanol–water partition coefficient (Wildman–Crippen LogP) is 5.36. The van der Waals surface area contributed by atoms with E-state index in [1.54, 1.807) is 35.0 Å². The fraction of sp³-hybridized carbons (Fsp3) is 0.0588. The number of aromatic nitrogens is 5. The molecule has 0 bridgehead atoms. The van der Waals surface area contributed by atoms with Gasteiger partial charge in [-0.05, 0) is 34.7 Å². The zero-order chi connectivity index (χ0) is 18.8. The molecule has 2 aromatic heterocycles. The van der Waals surface area contributed by atoms with Crippen molar-refractivity contribution in [2.45, 2.75) is 6.54 Å². The lowest BCUT2D eigenvalue weighted by Crippen LogP contribution is -2.08. The Morgan fingerprint density at radius 3 is 2.67 bits per heavy atom. The van der Waals surface area contributed by atoms with Crippen LogP contribution in [0.4, 0.5) is 5.95 Å². The summed E-state index contributed by atoms with van der Waals surface area (Å²) in [5, 5.41) is 16.5. The van der Waals surface area contributed by atoms with Crippen LogP contribution in [0.15, 0.2) is 48.0 Å². The van der Waals surface area contributed by atoms with Gasteiger partial charge in [-0.1, -0.05) is 58.1 Å². The van der Waals surface area contributed by atoms with Crippen LogP contribution in [0, 0.1) is 0 Å². The van der Waals surface area contributed by atoms with Gasteiger partial charge in [0.2, 0.25) is 5.95 Å². The van der Waals surface area contributed by atoms with E-state index in [9.17, 15) is 0 Å². The Labute approximate surface area is 173 Å². The van der Waals surface area contributed by atoms with E-state index in [2.05, 4.69) is 25.8 Å². The molecule has 0 saturated carbocycles. The van der Waals surface area contributed by atoms with Crippen LogP contribution in [0.3, 0.4) is 0 Å². The van der Waals surface area contributed by atoms with Crippen molar-refractivity contribution in [1.82, 2.24) is 25.2 Å². The van der Waals surface area contributed by atoms with Crippen molar-refractivity contribution >= 4 is 52.1 Å². The lowest BCUT2D eigenvalue weighted by Gasteiger charge is -2.09. The molecular weight excluding hydrogens is 427 g/mol. The van der Waals surface area contributed by atoms with Crippen LogP contribution >= 0.6 is 46.1 Å². The Morgan fingerprint density at radius 1 is 1.04 bits per heavy atom. The Balaban J connectivity index is 1.58. The van der Waals surface area contributed by atoms with Crippen molar-refractivity contribution < 1.29 is 0 Å². The van der Waals surface area contributed by atoms with Gasteiger partial charge in [0, 0.05) is 10.6 Å². The van der Waals surface area contributed by atoms with Crippen molar-refractivity contribution in [2.24, 2.45) is 0 Å². The number of tetrazole rings is 1. The molecule has 1 N–H and O–H groups in total. The molecule has 0 unspecified atom stereocenters. The van der Waals surface area contributed by atoms with Crippen molar-refractivity contribution in [3.63, 3.8) is 0 Å². The monoisotopic (exact) mass is 436 g/mol. The highest BCUT2D eigenvalue weighted by atomic mass is 35.5. The molecule has 0 spiro atoms. The van der Waals surface area contributed by atoms with Gasteiger partial charge in [-0.25, -0.2) is 4.98 Å². The van der Waals surface area contributed by atoms with Crippen LogP contribution in [0.1, 0.15) is 4.88 Å². The van der Waals surface area contributed by atoms with Crippen LogP contribution in [-0.2, 0) is 6.54 Å². The molecule has 0 aliphatic carbocycles. The molecule has 0 amide bonds. The first-order chi connectivity index (χ1) is 13.1. The molecule has 0 aliphatic heterocycles. The van der Waals surface area contributed by atoms with Crippen LogP contribution in [-0.4, -0.2) is 25.2 Å². The SMILES string of the molecule is Clc1ccc(-c2ncsc2CNc2nnnn2-c2cccc(Cl)c2Cl)cc1. The maximum Gasteiger partial charge on any atom is 0.248 e. The number of thiazole rings is 1. The van der Waals surface area contributed by atoms with Crippen molar-refractivity contribution in [2.75, 3.05) is 5.32 Å². The third kappa shape index (κ3) is 3.77. The first kappa shape index (κ1) is 18.2.